The van der Waals surface area contributed by atoms with Crippen molar-refractivity contribution in [2.45, 2.75) is 13.0 Å². The van der Waals surface area contributed by atoms with Crippen LogP contribution in [0.4, 0.5) is 5.82 Å². The van der Waals surface area contributed by atoms with Crippen molar-refractivity contribution in [3.63, 3.8) is 0 Å². The molecule has 114 valence electrons. The number of piperazine rings is 3. The molecule has 0 radical (unpaired) electrons. The number of rotatable bonds is 4. The number of carbonyl (C=O) groups excluding carboxylic acids is 1. The zero-order chi connectivity index (χ0) is 14.8. The first-order valence-electron chi connectivity index (χ1n) is 7.43. The number of hydrogen-bond acceptors (Lipinski definition) is 6. The van der Waals surface area contributed by atoms with Crippen molar-refractivity contribution in [1.82, 2.24) is 14.8 Å². The van der Waals surface area contributed by atoms with E-state index >= 15 is 0 Å². The van der Waals surface area contributed by atoms with E-state index in [2.05, 4.69) is 20.1 Å². The first kappa shape index (κ1) is 14.3. The summed E-state index contributed by atoms with van der Waals surface area (Å²) in [4.78, 5) is 21.1. The molecule has 0 saturated carbocycles. The van der Waals surface area contributed by atoms with E-state index in [4.69, 9.17) is 4.74 Å². The molecule has 4 rings (SSSR count). The number of aryl methyl sites for hydroxylation is 1. The van der Waals surface area contributed by atoms with E-state index in [0.717, 1.165) is 18.9 Å². The van der Waals surface area contributed by atoms with Gasteiger partial charge in [-0.25, -0.2) is 9.78 Å². The third-order valence-electron chi connectivity index (χ3n) is 4.40. The Hall–Kier alpha value is -1.66. The molecule has 0 spiro atoms. The van der Waals surface area contributed by atoms with Gasteiger partial charge in [-0.2, -0.15) is 0 Å². The van der Waals surface area contributed by atoms with Crippen molar-refractivity contribution >= 4 is 11.8 Å². The smallest absolute Gasteiger partial charge is 0.339 e. The zero-order valence-corrected chi connectivity index (χ0v) is 12.6. The number of nitrogens with one attached hydrogen (secondary N) is 1. The Morgan fingerprint density at radius 1 is 1.38 bits per heavy atom. The Balaban J connectivity index is 1.61. The lowest BCUT2D eigenvalue weighted by atomic mass is 10.1. The summed E-state index contributed by atoms with van der Waals surface area (Å²) in [7, 11) is 1.38. The lowest BCUT2D eigenvalue weighted by Gasteiger charge is -2.47. The summed E-state index contributed by atoms with van der Waals surface area (Å²) >= 11 is 0. The monoisotopic (exact) mass is 290 g/mol. The topological polar surface area (TPSA) is 57.7 Å². The van der Waals surface area contributed by atoms with E-state index in [1.54, 1.807) is 6.07 Å². The van der Waals surface area contributed by atoms with Gasteiger partial charge in [-0.15, -0.1) is 0 Å². The Morgan fingerprint density at radius 2 is 2.14 bits per heavy atom. The Bertz CT molecular complexity index is 526. The fourth-order valence-electron chi connectivity index (χ4n) is 3.13. The van der Waals surface area contributed by atoms with Gasteiger partial charge in [0.2, 0.25) is 0 Å². The molecule has 6 nitrogen and oxygen atoms in total. The normalized spacial score (nSPS) is 27.4. The van der Waals surface area contributed by atoms with Crippen LogP contribution in [-0.4, -0.2) is 73.2 Å². The standard InChI is InChI=1S/C15H22N4O2/c1-11-13(15(20)21-2)3-4-14(17-11)16-9-12-10-18-5-7-19(12)8-6-18/h3-4,12H,5-10H2,1-2H3,(H,16,17). The van der Waals surface area contributed by atoms with Crippen molar-refractivity contribution in [3.05, 3.63) is 23.4 Å². The van der Waals surface area contributed by atoms with Crippen LogP contribution in [0, 0.1) is 6.92 Å². The summed E-state index contributed by atoms with van der Waals surface area (Å²) in [6, 6.07) is 4.17. The first-order valence-corrected chi connectivity index (χ1v) is 7.43. The zero-order valence-electron chi connectivity index (χ0n) is 12.6. The molecule has 3 aliphatic heterocycles. The number of pyridine rings is 1. The average Bonchev–Trinajstić information content (AvgIpc) is 2.53. The summed E-state index contributed by atoms with van der Waals surface area (Å²) in [6.07, 6.45) is 0. The van der Waals surface area contributed by atoms with E-state index in [1.807, 2.05) is 13.0 Å². The molecule has 21 heavy (non-hydrogen) atoms. The molecule has 2 bridgehead atoms. The van der Waals surface area contributed by atoms with Crippen LogP contribution in [0.3, 0.4) is 0 Å². The molecular weight excluding hydrogens is 268 g/mol. The van der Waals surface area contributed by atoms with Crippen molar-refractivity contribution < 1.29 is 9.53 Å². The molecule has 1 aromatic heterocycles. The number of fused-ring (bicyclic) bond motifs is 3. The second-order valence-corrected chi connectivity index (χ2v) is 5.69. The molecule has 0 aromatic carbocycles. The molecule has 3 aliphatic rings. The minimum absolute atomic E-state index is 0.338. The Kier molecular flexibility index (Phi) is 4.07. The number of anilines is 1. The van der Waals surface area contributed by atoms with E-state index in [0.29, 0.717) is 17.3 Å². The van der Waals surface area contributed by atoms with Gasteiger partial charge >= 0.3 is 5.97 Å². The summed E-state index contributed by atoms with van der Waals surface area (Å²) in [6.45, 7) is 8.57. The third-order valence-corrected chi connectivity index (χ3v) is 4.40. The molecule has 4 heterocycles. The van der Waals surface area contributed by atoms with E-state index < -0.39 is 0 Å². The number of aromatic nitrogens is 1. The number of esters is 1. The van der Waals surface area contributed by atoms with Gasteiger partial charge in [-0.3, -0.25) is 9.80 Å². The largest absolute Gasteiger partial charge is 0.465 e. The summed E-state index contributed by atoms with van der Waals surface area (Å²) in [5.41, 5.74) is 1.22. The molecular formula is C15H22N4O2. The number of carbonyl (C=O) groups is 1. The van der Waals surface area contributed by atoms with Gasteiger partial charge in [0.25, 0.3) is 0 Å². The summed E-state index contributed by atoms with van der Waals surface area (Å²) in [5, 5.41) is 3.39. The minimum atomic E-state index is -0.338. The van der Waals surface area contributed by atoms with Gasteiger partial charge in [0.15, 0.2) is 0 Å². The van der Waals surface area contributed by atoms with Crippen LogP contribution >= 0.6 is 0 Å². The highest BCUT2D eigenvalue weighted by atomic mass is 16.5. The second-order valence-electron chi connectivity index (χ2n) is 5.69. The number of ether oxygens (including phenoxy) is 1. The van der Waals surface area contributed by atoms with Crippen LogP contribution in [0.5, 0.6) is 0 Å². The molecule has 6 heteroatoms. The van der Waals surface area contributed by atoms with E-state index in [1.165, 1.54) is 33.3 Å². The maximum Gasteiger partial charge on any atom is 0.339 e. The van der Waals surface area contributed by atoms with Crippen LogP contribution in [0.25, 0.3) is 0 Å². The van der Waals surface area contributed by atoms with Crippen molar-refractivity contribution in [3.8, 4) is 0 Å². The highest BCUT2D eigenvalue weighted by Crippen LogP contribution is 2.17. The number of methoxy groups -OCH3 is 1. The van der Waals surface area contributed by atoms with Gasteiger partial charge in [0, 0.05) is 45.3 Å². The van der Waals surface area contributed by atoms with Gasteiger partial charge in [-0.05, 0) is 19.1 Å². The second kappa shape index (κ2) is 5.99. The lowest BCUT2D eigenvalue weighted by Crippen LogP contribution is -2.62. The fraction of sp³-hybridized carbons (Fsp3) is 0.600. The highest BCUT2D eigenvalue weighted by Gasteiger charge is 2.31. The molecule has 1 N–H and O–H groups in total. The van der Waals surface area contributed by atoms with Gasteiger partial charge < -0.3 is 10.1 Å². The molecule has 1 aromatic rings. The molecule has 0 amide bonds. The number of hydrogen-bond donors (Lipinski definition) is 1. The molecule has 1 atom stereocenters. The lowest BCUT2D eigenvalue weighted by molar-refractivity contribution is 0.0189. The van der Waals surface area contributed by atoms with Gasteiger partial charge in [0.05, 0.1) is 18.4 Å². The third kappa shape index (κ3) is 3.01. The predicted molar refractivity (Wildman–Crippen MR) is 80.6 cm³/mol. The fourth-order valence-corrected chi connectivity index (χ4v) is 3.13. The van der Waals surface area contributed by atoms with Crippen molar-refractivity contribution in [1.29, 1.82) is 0 Å². The molecule has 3 fully saturated rings. The summed E-state index contributed by atoms with van der Waals surface area (Å²) in [5.74, 6) is 0.479. The SMILES string of the molecule is COC(=O)c1ccc(NCC2CN3CCN2CC3)nc1C. The van der Waals surface area contributed by atoms with Crippen molar-refractivity contribution in [2.24, 2.45) is 0 Å². The Morgan fingerprint density at radius 3 is 2.71 bits per heavy atom. The molecule has 3 saturated heterocycles. The molecule has 0 aliphatic carbocycles. The van der Waals surface area contributed by atoms with Crippen LogP contribution in [-0.2, 0) is 4.74 Å². The summed E-state index contributed by atoms with van der Waals surface area (Å²) < 4.78 is 4.73. The first-order chi connectivity index (χ1) is 10.2. The quantitative estimate of drug-likeness (QED) is 0.819. The maximum atomic E-state index is 11.5. The van der Waals surface area contributed by atoms with Crippen LogP contribution in [0.15, 0.2) is 12.1 Å². The molecule has 1 unspecified atom stereocenters. The van der Waals surface area contributed by atoms with Crippen LogP contribution < -0.4 is 5.32 Å². The van der Waals surface area contributed by atoms with E-state index in [9.17, 15) is 4.79 Å². The average molecular weight is 290 g/mol. The number of nitrogens with zero attached hydrogens (tertiary/aromatic N) is 3. The maximum absolute atomic E-state index is 11.5. The highest BCUT2D eigenvalue weighted by molar-refractivity contribution is 5.90. The van der Waals surface area contributed by atoms with Crippen LogP contribution in [0.2, 0.25) is 0 Å². The Labute approximate surface area is 125 Å². The van der Waals surface area contributed by atoms with Gasteiger partial charge in [0.1, 0.15) is 5.82 Å². The van der Waals surface area contributed by atoms with Gasteiger partial charge in [-0.1, -0.05) is 0 Å². The van der Waals surface area contributed by atoms with Crippen molar-refractivity contribution in [2.75, 3.05) is 51.7 Å². The van der Waals surface area contributed by atoms with Crippen LogP contribution in [0.1, 0.15) is 16.1 Å². The van der Waals surface area contributed by atoms with E-state index in [-0.39, 0.29) is 5.97 Å². The minimum Gasteiger partial charge on any atom is -0.465 e. The predicted octanol–water partition coefficient (Wildman–Crippen LogP) is 0.588.